The van der Waals surface area contributed by atoms with E-state index in [0.717, 1.165) is 22.3 Å². The molecule has 0 aromatic heterocycles. The van der Waals surface area contributed by atoms with Crippen LogP contribution in [-0.2, 0) is 0 Å². The van der Waals surface area contributed by atoms with Crippen molar-refractivity contribution in [3.63, 3.8) is 0 Å². The lowest BCUT2D eigenvalue weighted by molar-refractivity contribution is 0.0697. The molecule has 104 valence electrons. The SMILES string of the molecule is Cc1cc(C)c(-c2c(Cl)cc(C(=O)O)cc2Cl)c(C)c1. The van der Waals surface area contributed by atoms with Gasteiger partial charge in [0.25, 0.3) is 0 Å². The molecule has 0 aliphatic heterocycles. The first-order chi connectivity index (χ1) is 9.31. The van der Waals surface area contributed by atoms with Crippen LogP contribution < -0.4 is 0 Å². The average Bonchev–Trinajstić information content (AvgIpc) is 2.30. The molecule has 0 saturated carbocycles. The molecular weight excluding hydrogens is 295 g/mol. The largest absolute Gasteiger partial charge is 0.478 e. The van der Waals surface area contributed by atoms with Crippen LogP contribution in [0.3, 0.4) is 0 Å². The van der Waals surface area contributed by atoms with Crippen molar-refractivity contribution in [2.24, 2.45) is 0 Å². The summed E-state index contributed by atoms with van der Waals surface area (Å²) >= 11 is 12.5. The third-order valence-electron chi connectivity index (χ3n) is 3.22. The summed E-state index contributed by atoms with van der Waals surface area (Å²) in [5, 5.41) is 9.73. The second-order valence-electron chi connectivity index (χ2n) is 4.89. The van der Waals surface area contributed by atoms with Gasteiger partial charge in [-0.05, 0) is 49.6 Å². The van der Waals surface area contributed by atoms with Gasteiger partial charge in [-0.25, -0.2) is 4.79 Å². The number of hydrogen-bond donors (Lipinski definition) is 1. The highest BCUT2D eigenvalue weighted by Crippen LogP contribution is 2.39. The van der Waals surface area contributed by atoms with E-state index in [0.29, 0.717) is 15.6 Å². The second kappa shape index (κ2) is 5.47. The highest BCUT2D eigenvalue weighted by molar-refractivity contribution is 6.39. The minimum Gasteiger partial charge on any atom is -0.478 e. The molecule has 20 heavy (non-hydrogen) atoms. The highest BCUT2D eigenvalue weighted by atomic mass is 35.5. The predicted molar refractivity (Wildman–Crippen MR) is 83.1 cm³/mol. The van der Waals surface area contributed by atoms with Gasteiger partial charge >= 0.3 is 5.97 Å². The Labute approximate surface area is 128 Å². The van der Waals surface area contributed by atoms with E-state index in [1.165, 1.54) is 12.1 Å². The lowest BCUT2D eigenvalue weighted by atomic mass is 9.93. The van der Waals surface area contributed by atoms with Gasteiger partial charge in [-0.1, -0.05) is 40.9 Å². The molecule has 2 aromatic rings. The molecule has 0 heterocycles. The smallest absolute Gasteiger partial charge is 0.335 e. The summed E-state index contributed by atoms with van der Waals surface area (Å²) in [5.74, 6) is -1.04. The predicted octanol–water partition coefficient (Wildman–Crippen LogP) is 5.28. The molecule has 0 fully saturated rings. The van der Waals surface area contributed by atoms with Gasteiger partial charge in [-0.15, -0.1) is 0 Å². The Morgan fingerprint density at radius 3 is 1.75 bits per heavy atom. The summed E-state index contributed by atoms with van der Waals surface area (Å²) in [6.07, 6.45) is 0. The maximum absolute atomic E-state index is 11.0. The lowest BCUT2D eigenvalue weighted by Crippen LogP contribution is -1.98. The molecular formula is C16H14Cl2O2. The Hall–Kier alpha value is -1.51. The van der Waals surface area contributed by atoms with E-state index in [-0.39, 0.29) is 5.56 Å². The van der Waals surface area contributed by atoms with E-state index in [1.807, 2.05) is 20.8 Å². The molecule has 0 radical (unpaired) electrons. The van der Waals surface area contributed by atoms with Crippen LogP contribution in [0.5, 0.6) is 0 Å². The molecule has 2 aromatic carbocycles. The third-order valence-corrected chi connectivity index (χ3v) is 3.81. The number of carboxylic acid groups (broad SMARTS) is 1. The maximum atomic E-state index is 11.0. The molecule has 4 heteroatoms. The van der Waals surface area contributed by atoms with Gasteiger partial charge in [0, 0.05) is 5.56 Å². The number of aromatic carboxylic acids is 1. The maximum Gasteiger partial charge on any atom is 0.335 e. The van der Waals surface area contributed by atoms with Crippen molar-refractivity contribution in [2.45, 2.75) is 20.8 Å². The van der Waals surface area contributed by atoms with Crippen molar-refractivity contribution >= 4 is 29.2 Å². The standard InChI is InChI=1S/C16H14Cl2O2/c1-8-4-9(2)14(10(3)5-8)15-12(17)6-11(16(19)20)7-13(15)18/h4-7H,1-3H3,(H,19,20). The first-order valence-corrected chi connectivity index (χ1v) is 6.87. The van der Waals surface area contributed by atoms with Crippen LogP contribution in [-0.4, -0.2) is 11.1 Å². The van der Waals surface area contributed by atoms with Crippen LogP contribution in [0.2, 0.25) is 10.0 Å². The van der Waals surface area contributed by atoms with Crippen molar-refractivity contribution in [3.8, 4) is 11.1 Å². The topological polar surface area (TPSA) is 37.3 Å². The number of aryl methyl sites for hydroxylation is 3. The van der Waals surface area contributed by atoms with E-state index in [1.54, 1.807) is 0 Å². The molecule has 1 N–H and O–H groups in total. The summed E-state index contributed by atoms with van der Waals surface area (Å²) in [6.45, 7) is 6.01. The van der Waals surface area contributed by atoms with Crippen molar-refractivity contribution in [1.82, 2.24) is 0 Å². The second-order valence-corrected chi connectivity index (χ2v) is 5.71. The fourth-order valence-corrected chi connectivity index (χ4v) is 3.19. The number of benzene rings is 2. The fourth-order valence-electron chi connectivity index (χ4n) is 2.51. The van der Waals surface area contributed by atoms with Gasteiger partial charge in [-0.2, -0.15) is 0 Å². The van der Waals surface area contributed by atoms with Crippen LogP contribution in [0.4, 0.5) is 0 Å². The van der Waals surface area contributed by atoms with Gasteiger partial charge < -0.3 is 5.11 Å². The number of halogens is 2. The molecule has 0 bridgehead atoms. The van der Waals surface area contributed by atoms with Gasteiger partial charge in [-0.3, -0.25) is 0 Å². The Balaban J connectivity index is 2.74. The zero-order chi connectivity index (χ0) is 15.0. The van der Waals surface area contributed by atoms with Gasteiger partial charge in [0.15, 0.2) is 0 Å². The van der Waals surface area contributed by atoms with Gasteiger partial charge in [0.2, 0.25) is 0 Å². The van der Waals surface area contributed by atoms with Crippen molar-refractivity contribution in [1.29, 1.82) is 0 Å². The summed E-state index contributed by atoms with van der Waals surface area (Å²) in [4.78, 5) is 11.0. The van der Waals surface area contributed by atoms with Crippen molar-refractivity contribution < 1.29 is 9.90 Å². The minimum absolute atomic E-state index is 0.0890. The first kappa shape index (κ1) is 14.9. The molecule has 0 atom stereocenters. The first-order valence-electron chi connectivity index (χ1n) is 6.12. The molecule has 2 nitrogen and oxygen atoms in total. The third kappa shape index (κ3) is 2.67. The Bertz CT molecular complexity index is 660. The van der Waals surface area contributed by atoms with Gasteiger partial charge in [0.05, 0.1) is 15.6 Å². The number of carboxylic acids is 1. The van der Waals surface area contributed by atoms with E-state index in [2.05, 4.69) is 12.1 Å². The highest BCUT2D eigenvalue weighted by Gasteiger charge is 2.17. The zero-order valence-electron chi connectivity index (χ0n) is 11.4. The Morgan fingerprint density at radius 2 is 1.35 bits per heavy atom. The summed E-state index contributed by atoms with van der Waals surface area (Å²) in [6, 6.07) is 6.98. The number of rotatable bonds is 2. The van der Waals surface area contributed by atoms with E-state index < -0.39 is 5.97 Å². The number of carbonyl (C=O) groups is 1. The quantitative estimate of drug-likeness (QED) is 0.819. The molecule has 0 aliphatic rings. The molecule has 0 aliphatic carbocycles. The Kier molecular flexibility index (Phi) is 4.07. The monoisotopic (exact) mass is 308 g/mol. The summed E-state index contributed by atoms with van der Waals surface area (Å²) < 4.78 is 0. The molecule has 2 rings (SSSR count). The zero-order valence-corrected chi connectivity index (χ0v) is 12.9. The minimum atomic E-state index is -1.04. The molecule has 0 spiro atoms. The van der Waals surface area contributed by atoms with Crippen LogP contribution >= 0.6 is 23.2 Å². The fraction of sp³-hybridized carbons (Fsp3) is 0.188. The van der Waals surface area contributed by atoms with Crippen LogP contribution in [0.25, 0.3) is 11.1 Å². The van der Waals surface area contributed by atoms with Crippen LogP contribution in [0.15, 0.2) is 24.3 Å². The summed E-state index contributed by atoms with van der Waals surface area (Å²) in [7, 11) is 0. The normalized spacial score (nSPS) is 10.7. The van der Waals surface area contributed by atoms with Crippen LogP contribution in [0.1, 0.15) is 27.0 Å². The average molecular weight is 309 g/mol. The molecule has 0 saturated heterocycles. The molecule has 0 unspecified atom stereocenters. The van der Waals surface area contributed by atoms with Gasteiger partial charge in [0.1, 0.15) is 0 Å². The molecule has 0 amide bonds. The van der Waals surface area contributed by atoms with Crippen LogP contribution in [0, 0.1) is 20.8 Å². The van der Waals surface area contributed by atoms with Crippen molar-refractivity contribution in [2.75, 3.05) is 0 Å². The number of hydrogen-bond acceptors (Lipinski definition) is 1. The Morgan fingerprint density at radius 1 is 0.900 bits per heavy atom. The summed E-state index contributed by atoms with van der Waals surface area (Å²) in [5.41, 5.74) is 5.03. The van der Waals surface area contributed by atoms with E-state index in [4.69, 9.17) is 28.3 Å². The van der Waals surface area contributed by atoms with E-state index >= 15 is 0 Å². The lowest BCUT2D eigenvalue weighted by Gasteiger charge is -2.15. The van der Waals surface area contributed by atoms with E-state index in [9.17, 15) is 4.79 Å². The van der Waals surface area contributed by atoms with Crippen molar-refractivity contribution in [3.05, 3.63) is 56.6 Å².